The number of nitrogens with two attached hydrogens (primary N) is 1. The number of rotatable bonds is 5. The number of hydrogen-bond acceptors (Lipinski definition) is 6. The summed E-state index contributed by atoms with van der Waals surface area (Å²) in [6, 6.07) is 16.2. The maximum Gasteiger partial charge on any atom is 0.258 e. The Morgan fingerprint density at radius 2 is 1.74 bits per heavy atom. The molecule has 4 rings (SSSR count). The Hall–Kier alpha value is -2.25. The monoisotopic (exact) mass is 386 g/mol. The standard InChI is InChI=1S/C20H22N4O2.ClH/c21-13-15-4-6-17(7-5-15)19-22-20(26-23-19)18-3-1-2-16(12-18)14-24-8-10-25-11-9-24;/h1-7,12H,8-11,13-14,21H2;1H. The minimum Gasteiger partial charge on any atom is -0.379 e. The van der Waals surface area contributed by atoms with E-state index in [1.165, 1.54) is 5.56 Å². The van der Waals surface area contributed by atoms with Gasteiger partial charge >= 0.3 is 0 Å². The van der Waals surface area contributed by atoms with Crippen LogP contribution in [-0.4, -0.2) is 41.3 Å². The molecule has 0 spiro atoms. The van der Waals surface area contributed by atoms with Crippen molar-refractivity contribution in [1.29, 1.82) is 0 Å². The van der Waals surface area contributed by atoms with Crippen molar-refractivity contribution < 1.29 is 9.26 Å². The normalized spacial score (nSPS) is 14.7. The van der Waals surface area contributed by atoms with Crippen molar-refractivity contribution in [1.82, 2.24) is 15.0 Å². The molecule has 0 saturated carbocycles. The van der Waals surface area contributed by atoms with E-state index in [1.54, 1.807) is 0 Å². The number of aromatic nitrogens is 2. The first-order chi connectivity index (χ1) is 12.8. The second-order valence-electron chi connectivity index (χ2n) is 6.41. The number of morpholine rings is 1. The molecule has 0 radical (unpaired) electrons. The molecular formula is C20H23ClN4O2. The van der Waals surface area contributed by atoms with E-state index in [0.29, 0.717) is 18.3 Å². The summed E-state index contributed by atoms with van der Waals surface area (Å²) in [7, 11) is 0. The average molecular weight is 387 g/mol. The van der Waals surface area contributed by atoms with Crippen molar-refractivity contribution >= 4 is 12.4 Å². The number of ether oxygens (including phenoxy) is 1. The molecule has 1 aliphatic rings. The van der Waals surface area contributed by atoms with Gasteiger partial charge in [0.05, 0.1) is 13.2 Å². The second-order valence-corrected chi connectivity index (χ2v) is 6.41. The highest BCUT2D eigenvalue weighted by Gasteiger charge is 2.13. The summed E-state index contributed by atoms with van der Waals surface area (Å²) in [4.78, 5) is 6.94. The summed E-state index contributed by atoms with van der Waals surface area (Å²) in [5, 5.41) is 4.12. The fourth-order valence-electron chi connectivity index (χ4n) is 3.07. The largest absolute Gasteiger partial charge is 0.379 e. The Morgan fingerprint density at radius 3 is 2.48 bits per heavy atom. The average Bonchev–Trinajstić information content (AvgIpc) is 3.19. The zero-order valence-corrected chi connectivity index (χ0v) is 15.8. The molecule has 27 heavy (non-hydrogen) atoms. The lowest BCUT2D eigenvalue weighted by Crippen LogP contribution is -2.35. The molecule has 1 aromatic heterocycles. The van der Waals surface area contributed by atoms with Crippen LogP contribution in [-0.2, 0) is 17.8 Å². The third kappa shape index (κ3) is 4.73. The lowest BCUT2D eigenvalue weighted by Gasteiger charge is -2.26. The number of halogens is 1. The molecule has 0 unspecified atom stereocenters. The van der Waals surface area contributed by atoms with Crippen LogP contribution in [0.1, 0.15) is 11.1 Å². The van der Waals surface area contributed by atoms with Crippen molar-refractivity contribution in [2.24, 2.45) is 5.73 Å². The van der Waals surface area contributed by atoms with Crippen LogP contribution in [0.5, 0.6) is 0 Å². The molecular weight excluding hydrogens is 364 g/mol. The van der Waals surface area contributed by atoms with E-state index in [9.17, 15) is 0 Å². The lowest BCUT2D eigenvalue weighted by molar-refractivity contribution is 0.0342. The maximum absolute atomic E-state index is 5.64. The molecule has 0 amide bonds. The maximum atomic E-state index is 5.64. The molecule has 1 fully saturated rings. The zero-order valence-electron chi connectivity index (χ0n) is 15.0. The molecule has 142 valence electrons. The molecule has 6 nitrogen and oxygen atoms in total. The fourth-order valence-corrected chi connectivity index (χ4v) is 3.07. The Bertz CT molecular complexity index is 860. The molecule has 2 heterocycles. The van der Waals surface area contributed by atoms with Crippen LogP contribution < -0.4 is 5.73 Å². The minimum absolute atomic E-state index is 0. The Morgan fingerprint density at radius 1 is 0.963 bits per heavy atom. The SMILES string of the molecule is Cl.NCc1ccc(-c2noc(-c3cccc(CN4CCOCC4)c3)n2)cc1. The van der Waals surface area contributed by atoms with E-state index >= 15 is 0 Å². The van der Waals surface area contributed by atoms with Gasteiger partial charge < -0.3 is 15.0 Å². The highest BCUT2D eigenvalue weighted by atomic mass is 35.5. The first-order valence-electron chi connectivity index (χ1n) is 8.84. The van der Waals surface area contributed by atoms with Crippen LogP contribution in [0.25, 0.3) is 22.8 Å². The van der Waals surface area contributed by atoms with Gasteiger partial charge in [-0.2, -0.15) is 4.98 Å². The molecule has 1 saturated heterocycles. The van der Waals surface area contributed by atoms with Gasteiger partial charge in [0.25, 0.3) is 5.89 Å². The minimum atomic E-state index is 0. The molecule has 0 aliphatic carbocycles. The first kappa shape index (κ1) is 19.5. The van der Waals surface area contributed by atoms with Crippen LogP contribution in [0.4, 0.5) is 0 Å². The highest BCUT2D eigenvalue weighted by molar-refractivity contribution is 5.85. The fraction of sp³-hybridized carbons (Fsp3) is 0.300. The van der Waals surface area contributed by atoms with Crippen molar-refractivity contribution in [2.45, 2.75) is 13.1 Å². The van der Waals surface area contributed by atoms with Gasteiger partial charge in [-0.3, -0.25) is 4.90 Å². The Labute approximate surface area is 164 Å². The van der Waals surface area contributed by atoms with Gasteiger partial charge in [-0.25, -0.2) is 0 Å². The van der Waals surface area contributed by atoms with Crippen molar-refractivity contribution in [3.8, 4) is 22.8 Å². The van der Waals surface area contributed by atoms with E-state index < -0.39 is 0 Å². The quantitative estimate of drug-likeness (QED) is 0.726. The molecule has 0 atom stereocenters. The lowest BCUT2D eigenvalue weighted by atomic mass is 10.1. The molecule has 2 aromatic carbocycles. The second kappa shape index (κ2) is 9.10. The predicted octanol–water partition coefficient (Wildman–Crippen LogP) is 3.12. The molecule has 0 bridgehead atoms. The number of benzene rings is 2. The summed E-state index contributed by atoms with van der Waals surface area (Å²) in [6.45, 7) is 4.96. The van der Waals surface area contributed by atoms with E-state index in [1.807, 2.05) is 36.4 Å². The van der Waals surface area contributed by atoms with E-state index in [2.05, 4.69) is 27.2 Å². The smallest absolute Gasteiger partial charge is 0.258 e. The van der Waals surface area contributed by atoms with Gasteiger partial charge in [0.2, 0.25) is 5.82 Å². The zero-order chi connectivity index (χ0) is 17.8. The van der Waals surface area contributed by atoms with Crippen LogP contribution in [0, 0.1) is 0 Å². The predicted molar refractivity (Wildman–Crippen MR) is 106 cm³/mol. The van der Waals surface area contributed by atoms with Gasteiger partial charge in [0.1, 0.15) is 0 Å². The summed E-state index contributed by atoms with van der Waals surface area (Å²) in [5.41, 5.74) is 9.81. The Balaban J connectivity index is 0.00000210. The molecule has 3 aromatic rings. The van der Waals surface area contributed by atoms with E-state index in [-0.39, 0.29) is 12.4 Å². The van der Waals surface area contributed by atoms with Crippen molar-refractivity contribution in [3.63, 3.8) is 0 Å². The highest BCUT2D eigenvalue weighted by Crippen LogP contribution is 2.23. The van der Waals surface area contributed by atoms with E-state index in [0.717, 1.165) is 49.5 Å². The van der Waals surface area contributed by atoms with Gasteiger partial charge in [-0.05, 0) is 23.3 Å². The number of nitrogens with zero attached hydrogens (tertiary/aromatic N) is 3. The molecule has 1 aliphatic heterocycles. The summed E-state index contributed by atoms with van der Waals surface area (Å²) in [5.74, 6) is 1.12. The van der Waals surface area contributed by atoms with Gasteiger partial charge in [-0.1, -0.05) is 41.6 Å². The Kier molecular flexibility index (Phi) is 6.58. The summed E-state index contributed by atoms with van der Waals surface area (Å²) < 4.78 is 10.9. The first-order valence-corrected chi connectivity index (χ1v) is 8.84. The van der Waals surface area contributed by atoms with Crippen LogP contribution in [0.2, 0.25) is 0 Å². The number of hydrogen-bond donors (Lipinski definition) is 1. The van der Waals surface area contributed by atoms with Gasteiger partial charge in [-0.15, -0.1) is 12.4 Å². The van der Waals surface area contributed by atoms with E-state index in [4.69, 9.17) is 15.0 Å². The van der Waals surface area contributed by atoms with Gasteiger partial charge in [0.15, 0.2) is 0 Å². The third-order valence-corrected chi connectivity index (χ3v) is 4.56. The van der Waals surface area contributed by atoms with Crippen LogP contribution in [0.15, 0.2) is 53.1 Å². The van der Waals surface area contributed by atoms with Crippen LogP contribution >= 0.6 is 12.4 Å². The topological polar surface area (TPSA) is 77.4 Å². The molecule has 2 N–H and O–H groups in total. The summed E-state index contributed by atoms with van der Waals surface area (Å²) in [6.07, 6.45) is 0. The van der Waals surface area contributed by atoms with Crippen molar-refractivity contribution in [2.75, 3.05) is 26.3 Å². The summed E-state index contributed by atoms with van der Waals surface area (Å²) >= 11 is 0. The van der Waals surface area contributed by atoms with Crippen molar-refractivity contribution in [3.05, 3.63) is 59.7 Å². The van der Waals surface area contributed by atoms with Gasteiger partial charge in [0, 0.05) is 37.3 Å². The molecule has 7 heteroatoms. The van der Waals surface area contributed by atoms with Crippen LogP contribution in [0.3, 0.4) is 0 Å². The third-order valence-electron chi connectivity index (χ3n) is 4.56.